The second-order valence-electron chi connectivity index (χ2n) is 9.75. The molecule has 2 aromatic carbocycles. The van der Waals surface area contributed by atoms with Crippen LogP contribution in [0.3, 0.4) is 0 Å². The van der Waals surface area contributed by atoms with Crippen molar-refractivity contribution in [3.05, 3.63) is 60.3 Å². The average molecular weight is 530 g/mol. The Kier molecular flexibility index (Phi) is 6.44. The van der Waals surface area contributed by atoms with E-state index < -0.39 is 28.9 Å². The Morgan fingerprint density at radius 2 is 1.84 bits per heavy atom. The summed E-state index contributed by atoms with van der Waals surface area (Å²) in [6.07, 6.45) is 3.16. The first kappa shape index (κ1) is 20.8. The van der Waals surface area contributed by atoms with Gasteiger partial charge in [0.2, 0.25) is 16.0 Å². The molecular formula is C27H36N6O3S. The van der Waals surface area contributed by atoms with E-state index in [2.05, 4.69) is 25.3 Å². The molecule has 0 radical (unpaired) electrons. The monoisotopic (exact) mass is 529 g/mol. The highest BCUT2D eigenvalue weighted by atomic mass is 32.2. The molecule has 37 heavy (non-hydrogen) atoms. The Balaban J connectivity index is 1.50. The second-order valence-corrected chi connectivity index (χ2v) is 11.4. The Labute approximate surface area is 226 Å². The first-order valence-corrected chi connectivity index (χ1v) is 13.5. The zero-order valence-corrected chi connectivity index (χ0v) is 22.0. The lowest BCUT2D eigenvalue weighted by Crippen LogP contribution is -2.40. The van der Waals surface area contributed by atoms with Crippen molar-refractivity contribution in [2.24, 2.45) is 0 Å². The quantitative estimate of drug-likeness (QED) is 0.343. The maximum Gasteiger partial charge on any atom is 0.241 e. The molecule has 0 unspecified atom stereocenters. The molecule has 2 heterocycles. The molecule has 0 amide bonds. The summed E-state index contributed by atoms with van der Waals surface area (Å²) in [7, 11) is -3.82. The van der Waals surface area contributed by atoms with E-state index in [-0.39, 0.29) is 28.8 Å². The number of likely N-dealkylation sites (tertiary alicyclic amines) is 1. The number of ether oxygens (including phenoxy) is 1. The molecule has 3 N–H and O–H groups in total. The maximum atomic E-state index is 12.8. The van der Waals surface area contributed by atoms with Gasteiger partial charge in [0.1, 0.15) is 18.2 Å². The average Bonchev–Trinajstić information content (AvgIpc) is 3.43. The Bertz CT molecular complexity index is 1490. The van der Waals surface area contributed by atoms with E-state index in [4.69, 9.17) is 11.6 Å². The van der Waals surface area contributed by atoms with E-state index in [0.29, 0.717) is 17.1 Å². The van der Waals surface area contributed by atoms with E-state index >= 15 is 0 Å². The molecule has 1 aromatic heterocycles. The van der Waals surface area contributed by atoms with Gasteiger partial charge in [-0.05, 0) is 96.0 Å². The molecule has 0 saturated carbocycles. The van der Waals surface area contributed by atoms with Gasteiger partial charge in [0.05, 0.1) is 4.90 Å². The molecule has 0 aliphatic carbocycles. The van der Waals surface area contributed by atoms with Gasteiger partial charge >= 0.3 is 0 Å². The number of anilines is 4. The summed E-state index contributed by atoms with van der Waals surface area (Å²) in [6.45, 7) is 2.47. The molecular weight excluding hydrogens is 488 g/mol. The van der Waals surface area contributed by atoms with Crippen LogP contribution >= 0.6 is 0 Å². The van der Waals surface area contributed by atoms with Gasteiger partial charge in [-0.15, -0.1) is 0 Å². The number of aromatic nitrogens is 2. The van der Waals surface area contributed by atoms with Gasteiger partial charge in [0, 0.05) is 42.0 Å². The molecule has 1 aliphatic heterocycles. The van der Waals surface area contributed by atoms with Gasteiger partial charge in [-0.25, -0.2) is 18.1 Å². The Hall–Kier alpha value is -3.21. The molecule has 1 aliphatic rings. The molecule has 198 valence electrons. The van der Waals surface area contributed by atoms with E-state index in [9.17, 15) is 8.42 Å². The molecule has 0 atom stereocenters. The predicted molar refractivity (Wildman–Crippen MR) is 147 cm³/mol. The molecule has 0 bridgehead atoms. The first-order chi connectivity index (χ1) is 19.5. The zero-order chi connectivity index (χ0) is 30.8. The highest BCUT2D eigenvalue weighted by Gasteiger charge is 2.22. The minimum absolute atomic E-state index is 0.00470. The first-order valence-electron chi connectivity index (χ1n) is 14.6. The van der Waals surface area contributed by atoms with Crippen LogP contribution in [-0.4, -0.2) is 55.0 Å². The number of benzene rings is 2. The second kappa shape index (κ2) is 11.5. The van der Waals surface area contributed by atoms with Crippen molar-refractivity contribution in [2.45, 2.75) is 50.9 Å². The van der Waals surface area contributed by atoms with Crippen molar-refractivity contribution in [3.8, 4) is 5.75 Å². The molecule has 1 fully saturated rings. The maximum absolute atomic E-state index is 12.8. The summed E-state index contributed by atoms with van der Waals surface area (Å²) in [5.41, 5.74) is 0.108. The summed E-state index contributed by atoms with van der Waals surface area (Å²) in [6, 6.07) is 12.8. The number of sulfonamides is 1. The van der Waals surface area contributed by atoms with Crippen LogP contribution in [0.4, 0.5) is 23.1 Å². The van der Waals surface area contributed by atoms with E-state index in [1.807, 2.05) is 0 Å². The van der Waals surface area contributed by atoms with Crippen molar-refractivity contribution < 1.29 is 20.0 Å². The normalized spacial score (nSPS) is 17.2. The van der Waals surface area contributed by atoms with Crippen molar-refractivity contribution in [3.63, 3.8) is 0 Å². The van der Waals surface area contributed by atoms with Crippen LogP contribution in [0.2, 0.25) is 0 Å². The fourth-order valence-electron chi connectivity index (χ4n) is 3.72. The fourth-order valence-corrected chi connectivity index (χ4v) is 5.19. The summed E-state index contributed by atoms with van der Waals surface area (Å²) < 4.78 is 74.2. The van der Waals surface area contributed by atoms with Crippen LogP contribution in [0.1, 0.15) is 46.0 Å². The van der Waals surface area contributed by atoms with Crippen LogP contribution < -0.4 is 20.1 Å². The van der Waals surface area contributed by atoms with E-state index in [1.54, 1.807) is 62.1 Å². The van der Waals surface area contributed by atoms with Gasteiger partial charge in [0.25, 0.3) is 0 Å². The highest BCUT2D eigenvalue weighted by Crippen LogP contribution is 2.24. The van der Waals surface area contributed by atoms with Crippen LogP contribution in [0.15, 0.2) is 59.6 Å². The third kappa shape index (κ3) is 7.88. The van der Waals surface area contributed by atoms with Crippen LogP contribution in [0.25, 0.3) is 0 Å². The zero-order valence-electron chi connectivity index (χ0n) is 26.2. The highest BCUT2D eigenvalue weighted by molar-refractivity contribution is 7.89. The van der Waals surface area contributed by atoms with Gasteiger partial charge in [-0.3, -0.25) is 4.90 Å². The predicted octanol–water partition coefficient (Wildman–Crippen LogP) is 4.82. The molecule has 10 heteroatoms. The van der Waals surface area contributed by atoms with Crippen LogP contribution in [-0.2, 0) is 10.0 Å². The number of hydrogen-bond donors (Lipinski definition) is 3. The lowest BCUT2D eigenvalue weighted by molar-refractivity contribution is 0.238. The van der Waals surface area contributed by atoms with Crippen molar-refractivity contribution >= 4 is 33.2 Å². The molecule has 4 rings (SSSR count). The minimum atomic E-state index is -3.82. The Morgan fingerprint density at radius 1 is 1.08 bits per heavy atom. The number of nitrogens with zero attached hydrogens (tertiary/aromatic N) is 3. The van der Waals surface area contributed by atoms with E-state index in [1.165, 1.54) is 18.3 Å². The van der Waals surface area contributed by atoms with Crippen LogP contribution in [0, 0.1) is 6.85 Å². The standard InChI is InChI=1S/C27H36N6O3S/c1-20-19-28-26(30-21-10-12-23(13-11-21)36-17-16-33-14-5-6-15-33)31-25(20)29-22-8-7-9-24(18-22)37(34,35)32-27(2,3)4/h7-13,18-19,32H,5-6,14-17H2,1-4H3,(H2,28,29,30,31)/i1D3,16D2. The summed E-state index contributed by atoms with van der Waals surface area (Å²) in [5, 5.41) is 5.97. The van der Waals surface area contributed by atoms with Crippen LogP contribution in [0.5, 0.6) is 5.75 Å². The van der Waals surface area contributed by atoms with Crippen molar-refractivity contribution in [1.82, 2.24) is 19.6 Å². The fraction of sp³-hybridized carbons (Fsp3) is 0.407. The molecule has 3 aromatic rings. The summed E-state index contributed by atoms with van der Waals surface area (Å²) >= 11 is 0. The smallest absolute Gasteiger partial charge is 0.241 e. The third-order valence-corrected chi connectivity index (χ3v) is 7.14. The van der Waals surface area contributed by atoms with Gasteiger partial charge in [0.15, 0.2) is 0 Å². The van der Waals surface area contributed by atoms with Crippen molar-refractivity contribution in [1.29, 1.82) is 0 Å². The Morgan fingerprint density at radius 3 is 2.54 bits per heavy atom. The number of aryl methyl sites for hydroxylation is 1. The molecule has 0 spiro atoms. The van der Waals surface area contributed by atoms with Crippen molar-refractivity contribution in [2.75, 3.05) is 36.8 Å². The third-order valence-electron chi connectivity index (χ3n) is 5.38. The van der Waals surface area contributed by atoms with Gasteiger partial charge in [-0.2, -0.15) is 4.98 Å². The largest absolute Gasteiger partial charge is 0.492 e. The molecule has 9 nitrogen and oxygen atoms in total. The SMILES string of the molecule is [2H]C([2H])([2H])c1cnc(Nc2ccc(OCC([2H])([2H])N3CCCC3)cc2)nc1Nc1cccc(S(=O)(=O)NC(C)(C)C)c1. The number of hydrogen-bond acceptors (Lipinski definition) is 8. The number of rotatable bonds is 10. The summed E-state index contributed by atoms with van der Waals surface area (Å²) in [5.74, 6) is 0.609. The minimum Gasteiger partial charge on any atom is -0.492 e. The lowest BCUT2D eigenvalue weighted by Gasteiger charge is -2.20. The lowest BCUT2D eigenvalue weighted by atomic mass is 10.1. The number of nitrogens with one attached hydrogen (secondary N) is 3. The topological polar surface area (TPSA) is 108 Å². The van der Waals surface area contributed by atoms with E-state index in [0.717, 1.165) is 25.9 Å². The van der Waals surface area contributed by atoms with Gasteiger partial charge < -0.3 is 15.4 Å². The van der Waals surface area contributed by atoms with Gasteiger partial charge in [-0.1, -0.05) is 6.07 Å². The summed E-state index contributed by atoms with van der Waals surface area (Å²) in [4.78, 5) is 10.3. The molecule has 1 saturated heterocycles.